The first-order valence-electron chi connectivity index (χ1n) is 7.27. The van der Waals surface area contributed by atoms with Gasteiger partial charge in [0.1, 0.15) is 0 Å². The molecule has 2 N–H and O–H groups in total. The molecule has 0 radical (unpaired) electrons. The lowest BCUT2D eigenvalue weighted by molar-refractivity contribution is -0.136. The molecule has 25 heavy (non-hydrogen) atoms. The number of carbonyl (C=O) groups is 1. The summed E-state index contributed by atoms with van der Waals surface area (Å²) in [7, 11) is -7.89. The molecule has 2 aromatic carbocycles. The van der Waals surface area contributed by atoms with Crippen LogP contribution in [0, 0.1) is 6.92 Å². The molecular formula is C16H17NO6S2. The zero-order chi connectivity index (χ0) is 18.7. The summed E-state index contributed by atoms with van der Waals surface area (Å²) in [6.45, 7) is 1.25. The minimum atomic E-state index is -4.03. The first kappa shape index (κ1) is 19.1. The predicted octanol–water partition coefficient (Wildman–Crippen LogP) is 1.58. The average Bonchev–Trinajstić information content (AvgIpc) is 2.55. The second-order valence-corrected chi connectivity index (χ2v) is 8.97. The Hall–Kier alpha value is -2.23. The molecule has 0 atom stereocenters. The van der Waals surface area contributed by atoms with Crippen LogP contribution < -0.4 is 4.72 Å². The molecule has 0 heterocycles. The monoisotopic (exact) mass is 383 g/mol. The van der Waals surface area contributed by atoms with E-state index in [1.165, 1.54) is 31.2 Å². The highest BCUT2D eigenvalue weighted by Crippen LogP contribution is 2.25. The number of hydrogen-bond acceptors (Lipinski definition) is 5. The minimum absolute atomic E-state index is 0.0565. The molecule has 9 heteroatoms. The number of aryl methyl sites for hydroxylation is 1. The summed E-state index contributed by atoms with van der Waals surface area (Å²) in [4.78, 5) is 10.2. The highest BCUT2D eigenvalue weighted by atomic mass is 32.2. The van der Waals surface area contributed by atoms with E-state index in [4.69, 9.17) is 5.11 Å². The number of aliphatic carboxylic acids is 1. The second-order valence-electron chi connectivity index (χ2n) is 5.29. The van der Waals surface area contributed by atoms with E-state index in [0.29, 0.717) is 5.56 Å². The largest absolute Gasteiger partial charge is 0.481 e. The predicted molar refractivity (Wildman–Crippen MR) is 90.5 cm³/mol. The van der Waals surface area contributed by atoms with Crippen molar-refractivity contribution in [3.63, 3.8) is 0 Å². The lowest BCUT2D eigenvalue weighted by atomic mass is 10.2. The molecule has 0 bridgehead atoms. The van der Waals surface area contributed by atoms with Gasteiger partial charge in [-0.15, -0.1) is 0 Å². The Bertz CT molecular complexity index is 983. The SMILES string of the molecule is Cc1ccc(S(=O)(=O)c2ccccc2)cc1S(=O)(=O)NCCC(=O)O. The van der Waals surface area contributed by atoms with E-state index in [-0.39, 0.29) is 27.7 Å². The normalized spacial score (nSPS) is 12.0. The summed E-state index contributed by atoms with van der Waals surface area (Å²) in [6, 6.07) is 11.5. The standard InChI is InChI=1S/C16H17NO6S2/c1-12-7-8-14(24(20,21)13-5-3-2-4-6-13)11-15(12)25(22,23)17-10-9-16(18)19/h2-8,11,17H,9-10H2,1H3,(H,18,19). The molecule has 0 aliphatic carbocycles. The number of benzene rings is 2. The van der Waals surface area contributed by atoms with Gasteiger partial charge in [-0.05, 0) is 36.8 Å². The van der Waals surface area contributed by atoms with Gasteiger partial charge in [-0.3, -0.25) is 4.79 Å². The fourth-order valence-electron chi connectivity index (χ4n) is 2.14. The van der Waals surface area contributed by atoms with Gasteiger partial charge in [0.15, 0.2) is 0 Å². The number of carboxylic acids is 1. The molecule has 0 aromatic heterocycles. The number of nitrogens with one attached hydrogen (secondary N) is 1. The molecule has 0 saturated heterocycles. The van der Waals surface area contributed by atoms with E-state index in [1.54, 1.807) is 18.2 Å². The van der Waals surface area contributed by atoms with Crippen molar-refractivity contribution in [1.82, 2.24) is 4.72 Å². The summed E-state index contributed by atoms with van der Waals surface area (Å²) in [5.41, 5.74) is 0.356. The third-order valence-electron chi connectivity index (χ3n) is 3.44. The van der Waals surface area contributed by atoms with Crippen LogP contribution in [0.1, 0.15) is 12.0 Å². The van der Waals surface area contributed by atoms with Crippen LogP contribution in [0.25, 0.3) is 0 Å². The Labute approximate surface area is 146 Å². The zero-order valence-corrected chi connectivity index (χ0v) is 15.0. The molecule has 0 aliphatic heterocycles. The van der Waals surface area contributed by atoms with Gasteiger partial charge < -0.3 is 5.11 Å². The van der Waals surface area contributed by atoms with Crippen molar-refractivity contribution in [2.24, 2.45) is 0 Å². The number of rotatable bonds is 7. The molecule has 0 amide bonds. The lowest BCUT2D eigenvalue weighted by Gasteiger charge is -2.11. The maximum atomic E-state index is 12.6. The number of carboxylic acid groups (broad SMARTS) is 1. The van der Waals surface area contributed by atoms with E-state index < -0.39 is 25.8 Å². The molecular weight excluding hydrogens is 366 g/mol. The van der Waals surface area contributed by atoms with Crippen LogP contribution in [0.5, 0.6) is 0 Å². The van der Waals surface area contributed by atoms with Crippen molar-refractivity contribution in [3.05, 3.63) is 54.1 Å². The van der Waals surface area contributed by atoms with Crippen LogP contribution in [-0.4, -0.2) is 34.5 Å². The van der Waals surface area contributed by atoms with Crippen LogP contribution in [0.15, 0.2) is 63.2 Å². The van der Waals surface area contributed by atoms with Crippen molar-refractivity contribution in [3.8, 4) is 0 Å². The van der Waals surface area contributed by atoms with Gasteiger partial charge in [0.05, 0.1) is 21.1 Å². The summed E-state index contributed by atoms with van der Waals surface area (Å²) < 4.78 is 52.1. The molecule has 2 rings (SSSR count). The highest BCUT2D eigenvalue weighted by Gasteiger charge is 2.23. The summed E-state index contributed by atoms with van der Waals surface area (Å²) >= 11 is 0. The third-order valence-corrected chi connectivity index (χ3v) is 6.81. The third kappa shape index (κ3) is 4.44. The molecule has 2 aromatic rings. The number of hydrogen-bond donors (Lipinski definition) is 2. The Balaban J connectivity index is 2.43. The first-order valence-corrected chi connectivity index (χ1v) is 10.2. The van der Waals surface area contributed by atoms with Gasteiger partial charge in [-0.25, -0.2) is 21.6 Å². The van der Waals surface area contributed by atoms with Crippen LogP contribution >= 0.6 is 0 Å². The molecule has 7 nitrogen and oxygen atoms in total. The fourth-order valence-corrected chi connectivity index (χ4v) is 4.83. The summed E-state index contributed by atoms with van der Waals surface area (Å²) in [5, 5.41) is 8.60. The molecule has 0 saturated carbocycles. The Kier molecular flexibility index (Phi) is 5.61. The maximum absolute atomic E-state index is 12.6. The van der Waals surface area contributed by atoms with Gasteiger partial charge >= 0.3 is 5.97 Å². The number of sulfone groups is 1. The van der Waals surface area contributed by atoms with E-state index in [0.717, 1.165) is 6.07 Å². The van der Waals surface area contributed by atoms with E-state index >= 15 is 0 Å². The Morgan fingerprint density at radius 2 is 1.64 bits per heavy atom. The van der Waals surface area contributed by atoms with E-state index in [1.807, 2.05) is 0 Å². The fraction of sp³-hybridized carbons (Fsp3) is 0.188. The van der Waals surface area contributed by atoms with E-state index in [9.17, 15) is 21.6 Å². The molecule has 0 aliphatic rings. The van der Waals surface area contributed by atoms with Crippen molar-refractivity contribution in [2.45, 2.75) is 28.0 Å². The van der Waals surface area contributed by atoms with Crippen LogP contribution in [0.4, 0.5) is 0 Å². The summed E-state index contributed by atoms with van der Waals surface area (Å²) in [5.74, 6) is -1.14. The second kappa shape index (κ2) is 7.34. The van der Waals surface area contributed by atoms with Gasteiger partial charge in [-0.1, -0.05) is 24.3 Å². The quantitative estimate of drug-likeness (QED) is 0.749. The number of sulfonamides is 1. The topological polar surface area (TPSA) is 118 Å². The van der Waals surface area contributed by atoms with Gasteiger partial charge in [0, 0.05) is 6.54 Å². The van der Waals surface area contributed by atoms with Crippen LogP contribution in [0.3, 0.4) is 0 Å². The lowest BCUT2D eigenvalue weighted by Crippen LogP contribution is -2.27. The average molecular weight is 383 g/mol. The Morgan fingerprint density at radius 1 is 1.00 bits per heavy atom. The molecule has 0 spiro atoms. The zero-order valence-electron chi connectivity index (χ0n) is 13.3. The smallest absolute Gasteiger partial charge is 0.304 e. The molecule has 134 valence electrons. The van der Waals surface area contributed by atoms with Crippen molar-refractivity contribution in [1.29, 1.82) is 0 Å². The molecule has 0 fully saturated rings. The van der Waals surface area contributed by atoms with Crippen LogP contribution in [-0.2, 0) is 24.7 Å². The minimum Gasteiger partial charge on any atom is -0.481 e. The Morgan fingerprint density at radius 3 is 2.24 bits per heavy atom. The van der Waals surface area contributed by atoms with Gasteiger partial charge in [-0.2, -0.15) is 0 Å². The first-order chi connectivity index (χ1) is 11.6. The highest BCUT2D eigenvalue weighted by molar-refractivity contribution is 7.91. The van der Waals surface area contributed by atoms with Gasteiger partial charge in [0.2, 0.25) is 19.9 Å². The molecule has 0 unspecified atom stereocenters. The van der Waals surface area contributed by atoms with Crippen molar-refractivity contribution < 1.29 is 26.7 Å². The van der Waals surface area contributed by atoms with Gasteiger partial charge in [0.25, 0.3) is 0 Å². The maximum Gasteiger partial charge on any atom is 0.304 e. The van der Waals surface area contributed by atoms with Crippen molar-refractivity contribution >= 4 is 25.8 Å². The van der Waals surface area contributed by atoms with Crippen LogP contribution in [0.2, 0.25) is 0 Å². The van der Waals surface area contributed by atoms with Crippen molar-refractivity contribution in [2.75, 3.05) is 6.54 Å². The van der Waals surface area contributed by atoms with E-state index in [2.05, 4.69) is 4.72 Å². The summed E-state index contributed by atoms with van der Waals surface area (Å²) in [6.07, 6.45) is -0.375.